The number of unbranched alkanes of at least 4 members (excludes halogenated alkanes) is 3. The topological polar surface area (TPSA) is 41.5 Å². The van der Waals surface area contributed by atoms with Crippen molar-refractivity contribution in [3.05, 3.63) is 29.3 Å². The molecule has 2 rings (SSSR count). The van der Waals surface area contributed by atoms with Gasteiger partial charge < -0.3 is 15.2 Å². The molecular formula is C17H27NO2. The molecule has 112 valence electrons. The van der Waals surface area contributed by atoms with E-state index in [-0.39, 0.29) is 0 Å². The van der Waals surface area contributed by atoms with Gasteiger partial charge in [-0.3, -0.25) is 0 Å². The molecule has 0 heterocycles. The largest absolute Gasteiger partial charge is 0.497 e. The Morgan fingerprint density at radius 3 is 2.90 bits per heavy atom. The number of hydrogen-bond acceptors (Lipinski definition) is 3. The fraction of sp³-hybridized carbons (Fsp3) is 0.647. The molecule has 0 bridgehead atoms. The maximum absolute atomic E-state index is 8.75. The normalized spacial score (nSPS) is 17.8. The molecule has 1 aromatic carbocycles. The number of methoxy groups -OCH3 is 1. The first-order valence-corrected chi connectivity index (χ1v) is 7.86. The molecule has 20 heavy (non-hydrogen) atoms. The maximum Gasteiger partial charge on any atom is 0.119 e. The predicted octanol–water partition coefficient (Wildman–Crippen LogP) is 3.21. The van der Waals surface area contributed by atoms with E-state index in [9.17, 15) is 0 Å². The average Bonchev–Trinajstić information content (AvgIpc) is 2.50. The van der Waals surface area contributed by atoms with Crippen LogP contribution in [0.1, 0.15) is 55.7 Å². The van der Waals surface area contributed by atoms with Crippen molar-refractivity contribution in [2.45, 2.75) is 51.0 Å². The molecule has 1 unspecified atom stereocenters. The van der Waals surface area contributed by atoms with E-state index in [4.69, 9.17) is 9.84 Å². The molecule has 0 fully saturated rings. The number of ether oxygens (including phenoxy) is 1. The van der Waals surface area contributed by atoms with Crippen LogP contribution >= 0.6 is 0 Å². The molecule has 1 aliphatic rings. The molecule has 0 spiro atoms. The third kappa shape index (κ3) is 4.22. The minimum Gasteiger partial charge on any atom is -0.497 e. The number of hydrogen-bond donors (Lipinski definition) is 2. The lowest BCUT2D eigenvalue weighted by Crippen LogP contribution is -2.26. The first-order valence-electron chi connectivity index (χ1n) is 7.86. The van der Waals surface area contributed by atoms with Gasteiger partial charge in [0.05, 0.1) is 7.11 Å². The first-order chi connectivity index (χ1) is 9.85. The molecule has 1 aromatic rings. The number of benzene rings is 1. The number of rotatable bonds is 8. The number of nitrogens with one attached hydrogen (secondary N) is 1. The summed E-state index contributed by atoms with van der Waals surface area (Å²) < 4.78 is 5.31. The van der Waals surface area contributed by atoms with E-state index >= 15 is 0 Å². The number of aliphatic hydroxyl groups is 1. The fourth-order valence-electron chi connectivity index (χ4n) is 3.00. The van der Waals surface area contributed by atoms with Crippen molar-refractivity contribution in [2.24, 2.45) is 0 Å². The Bertz CT molecular complexity index is 406. The summed E-state index contributed by atoms with van der Waals surface area (Å²) in [6.45, 7) is 1.40. The van der Waals surface area contributed by atoms with Crippen molar-refractivity contribution in [3.63, 3.8) is 0 Å². The third-order valence-corrected chi connectivity index (χ3v) is 4.14. The molecule has 2 N–H and O–H groups in total. The predicted molar refractivity (Wildman–Crippen MR) is 82.2 cm³/mol. The highest BCUT2D eigenvalue weighted by Crippen LogP contribution is 2.32. The summed E-state index contributed by atoms with van der Waals surface area (Å²) in [6.07, 6.45) is 8.12. The Hall–Kier alpha value is -1.06. The molecule has 0 radical (unpaired) electrons. The highest BCUT2D eigenvalue weighted by Gasteiger charge is 2.19. The molecule has 3 heteroatoms. The molecule has 0 saturated heterocycles. The smallest absolute Gasteiger partial charge is 0.119 e. The Kier molecular flexibility index (Phi) is 6.34. The Labute approximate surface area is 122 Å². The van der Waals surface area contributed by atoms with Gasteiger partial charge in [-0.1, -0.05) is 18.9 Å². The van der Waals surface area contributed by atoms with Gasteiger partial charge in [-0.15, -0.1) is 0 Å². The standard InChI is InChI=1S/C17H27NO2/c1-20-15-9-10-16-14(13-15)7-6-8-17(16)18-11-4-2-3-5-12-19/h9-10,13,17-19H,2-8,11-12H2,1H3. The summed E-state index contributed by atoms with van der Waals surface area (Å²) in [7, 11) is 1.73. The Morgan fingerprint density at radius 2 is 2.10 bits per heavy atom. The van der Waals surface area contributed by atoms with Crippen molar-refractivity contribution in [2.75, 3.05) is 20.3 Å². The van der Waals surface area contributed by atoms with Gasteiger partial charge in [0.25, 0.3) is 0 Å². The number of aliphatic hydroxyl groups excluding tert-OH is 1. The molecule has 3 nitrogen and oxygen atoms in total. The maximum atomic E-state index is 8.75. The van der Waals surface area contributed by atoms with E-state index in [2.05, 4.69) is 23.5 Å². The lowest BCUT2D eigenvalue weighted by Gasteiger charge is -2.27. The van der Waals surface area contributed by atoms with Gasteiger partial charge in [0.2, 0.25) is 0 Å². The highest BCUT2D eigenvalue weighted by molar-refractivity contribution is 5.39. The minimum atomic E-state index is 0.325. The van der Waals surface area contributed by atoms with Crippen LogP contribution in [-0.2, 0) is 6.42 Å². The lowest BCUT2D eigenvalue weighted by molar-refractivity contribution is 0.282. The molecule has 1 aliphatic carbocycles. The lowest BCUT2D eigenvalue weighted by atomic mass is 9.87. The van der Waals surface area contributed by atoms with Crippen LogP contribution in [0.4, 0.5) is 0 Å². The highest BCUT2D eigenvalue weighted by atomic mass is 16.5. The van der Waals surface area contributed by atoms with Crippen LogP contribution in [0.3, 0.4) is 0 Å². The Morgan fingerprint density at radius 1 is 1.25 bits per heavy atom. The second-order valence-electron chi connectivity index (χ2n) is 5.60. The fourth-order valence-corrected chi connectivity index (χ4v) is 3.00. The SMILES string of the molecule is COc1ccc2c(c1)CCCC2NCCCCCCO. The monoisotopic (exact) mass is 277 g/mol. The zero-order valence-electron chi connectivity index (χ0n) is 12.5. The zero-order chi connectivity index (χ0) is 14.2. The van der Waals surface area contributed by atoms with Crippen molar-refractivity contribution in [3.8, 4) is 5.75 Å². The molecule has 1 atom stereocenters. The van der Waals surface area contributed by atoms with Crippen LogP contribution < -0.4 is 10.1 Å². The van der Waals surface area contributed by atoms with E-state index in [1.807, 2.05) is 0 Å². The van der Waals surface area contributed by atoms with Crippen molar-refractivity contribution >= 4 is 0 Å². The van der Waals surface area contributed by atoms with Crippen LogP contribution in [-0.4, -0.2) is 25.4 Å². The quantitative estimate of drug-likeness (QED) is 0.717. The van der Waals surface area contributed by atoms with Gasteiger partial charge >= 0.3 is 0 Å². The molecule has 0 amide bonds. The van der Waals surface area contributed by atoms with E-state index in [0.717, 1.165) is 25.1 Å². The van der Waals surface area contributed by atoms with Crippen LogP contribution in [0.5, 0.6) is 5.75 Å². The number of fused-ring (bicyclic) bond motifs is 1. The van der Waals surface area contributed by atoms with E-state index in [1.54, 1.807) is 7.11 Å². The number of aryl methyl sites for hydroxylation is 1. The second-order valence-corrected chi connectivity index (χ2v) is 5.60. The minimum absolute atomic E-state index is 0.325. The van der Waals surface area contributed by atoms with Gasteiger partial charge in [-0.25, -0.2) is 0 Å². The molecule has 0 saturated carbocycles. The Balaban J connectivity index is 1.82. The van der Waals surface area contributed by atoms with Crippen LogP contribution in [0.15, 0.2) is 18.2 Å². The third-order valence-electron chi connectivity index (χ3n) is 4.14. The summed E-state index contributed by atoms with van der Waals surface area (Å²) >= 11 is 0. The van der Waals surface area contributed by atoms with Gasteiger partial charge in [0, 0.05) is 12.6 Å². The summed E-state index contributed by atoms with van der Waals surface area (Å²) in [5.74, 6) is 0.966. The van der Waals surface area contributed by atoms with Gasteiger partial charge in [-0.05, 0) is 61.9 Å². The van der Waals surface area contributed by atoms with Crippen LogP contribution in [0.2, 0.25) is 0 Å². The van der Waals surface area contributed by atoms with Crippen LogP contribution in [0.25, 0.3) is 0 Å². The van der Waals surface area contributed by atoms with Gasteiger partial charge in [0.1, 0.15) is 5.75 Å². The summed E-state index contributed by atoms with van der Waals surface area (Å²) in [4.78, 5) is 0. The van der Waals surface area contributed by atoms with Crippen molar-refractivity contribution in [1.82, 2.24) is 5.32 Å². The van der Waals surface area contributed by atoms with Crippen molar-refractivity contribution in [1.29, 1.82) is 0 Å². The summed E-state index contributed by atoms with van der Waals surface area (Å²) in [5.41, 5.74) is 2.89. The zero-order valence-corrected chi connectivity index (χ0v) is 12.5. The van der Waals surface area contributed by atoms with E-state index in [1.165, 1.54) is 43.2 Å². The van der Waals surface area contributed by atoms with E-state index < -0.39 is 0 Å². The summed E-state index contributed by atoms with van der Waals surface area (Å²) in [5, 5.41) is 12.4. The molecular weight excluding hydrogens is 250 g/mol. The molecule has 0 aliphatic heterocycles. The van der Waals surface area contributed by atoms with E-state index in [0.29, 0.717) is 12.6 Å². The van der Waals surface area contributed by atoms with Gasteiger partial charge in [0.15, 0.2) is 0 Å². The molecule has 0 aromatic heterocycles. The summed E-state index contributed by atoms with van der Waals surface area (Å²) in [6, 6.07) is 6.98. The first kappa shape index (κ1) is 15.3. The average molecular weight is 277 g/mol. The second kappa shape index (κ2) is 8.28. The van der Waals surface area contributed by atoms with Crippen LogP contribution in [0, 0.1) is 0 Å². The van der Waals surface area contributed by atoms with Crippen molar-refractivity contribution < 1.29 is 9.84 Å². The van der Waals surface area contributed by atoms with Gasteiger partial charge in [-0.2, -0.15) is 0 Å².